The van der Waals surface area contributed by atoms with Crippen LogP contribution in [0, 0.1) is 12.7 Å². The van der Waals surface area contributed by atoms with E-state index in [1.807, 2.05) is 13.0 Å². The molecule has 0 bridgehead atoms. The third-order valence-corrected chi connectivity index (χ3v) is 6.58. The van der Waals surface area contributed by atoms with Gasteiger partial charge in [-0.25, -0.2) is 9.18 Å². The predicted octanol–water partition coefficient (Wildman–Crippen LogP) is 8.08. The number of aryl methyl sites for hydroxylation is 1. The summed E-state index contributed by atoms with van der Waals surface area (Å²) in [5, 5.41) is 14.5. The highest BCUT2D eigenvalue weighted by Gasteiger charge is 2.34. The van der Waals surface area contributed by atoms with Crippen molar-refractivity contribution in [3.05, 3.63) is 118 Å². The van der Waals surface area contributed by atoms with Crippen molar-refractivity contribution in [3.8, 4) is 17.0 Å². The van der Waals surface area contributed by atoms with E-state index in [4.69, 9.17) is 16.3 Å². The SMILES string of the molecule is Cc1cccc(C(Oc2cccc(-c3c4cccc(C(F)(F)F)c4nn3Cc3ccc(Cl)cc3F)c2)C(=O)O)c1. The highest BCUT2D eigenvalue weighted by atomic mass is 35.5. The van der Waals surface area contributed by atoms with Crippen LogP contribution >= 0.6 is 11.6 Å². The Hall–Kier alpha value is -4.37. The van der Waals surface area contributed by atoms with Crippen LogP contribution in [0.2, 0.25) is 5.02 Å². The fraction of sp³-hybridized carbons (Fsp3) is 0.133. The monoisotopic (exact) mass is 568 g/mol. The number of rotatable bonds is 7. The number of halogens is 5. The average Bonchev–Trinajstić information content (AvgIpc) is 3.26. The van der Waals surface area contributed by atoms with Gasteiger partial charge in [0, 0.05) is 27.1 Å². The minimum Gasteiger partial charge on any atom is -0.478 e. The molecule has 0 radical (unpaired) electrons. The van der Waals surface area contributed by atoms with Gasteiger partial charge in [-0.1, -0.05) is 71.8 Å². The molecular formula is C30H21ClF4N2O3. The van der Waals surface area contributed by atoms with Gasteiger partial charge in [0.25, 0.3) is 0 Å². The Kier molecular flexibility index (Phi) is 7.25. The van der Waals surface area contributed by atoms with Crippen LogP contribution < -0.4 is 4.74 Å². The van der Waals surface area contributed by atoms with E-state index in [9.17, 15) is 27.5 Å². The highest BCUT2D eigenvalue weighted by Crippen LogP contribution is 2.39. The van der Waals surface area contributed by atoms with Crippen molar-refractivity contribution >= 4 is 28.5 Å². The van der Waals surface area contributed by atoms with E-state index in [2.05, 4.69) is 5.10 Å². The fourth-order valence-electron chi connectivity index (χ4n) is 4.56. The highest BCUT2D eigenvalue weighted by molar-refractivity contribution is 6.30. The van der Waals surface area contributed by atoms with Gasteiger partial charge in [-0.05, 0) is 37.3 Å². The van der Waals surface area contributed by atoms with Crippen LogP contribution in [0.25, 0.3) is 22.2 Å². The number of nitrogens with zero attached hydrogens (tertiary/aromatic N) is 2. The van der Waals surface area contributed by atoms with Gasteiger partial charge in [0.05, 0.1) is 17.8 Å². The molecule has 5 rings (SSSR count). The second kappa shape index (κ2) is 10.7. The number of fused-ring (bicyclic) bond motifs is 1. The number of carboxylic acid groups (broad SMARTS) is 1. The van der Waals surface area contributed by atoms with Crippen molar-refractivity contribution in [1.29, 1.82) is 0 Å². The zero-order chi connectivity index (χ0) is 28.6. The van der Waals surface area contributed by atoms with Crippen molar-refractivity contribution in [3.63, 3.8) is 0 Å². The van der Waals surface area contributed by atoms with E-state index in [0.717, 1.165) is 17.7 Å². The van der Waals surface area contributed by atoms with E-state index >= 15 is 0 Å². The van der Waals surface area contributed by atoms with Gasteiger partial charge < -0.3 is 9.84 Å². The summed E-state index contributed by atoms with van der Waals surface area (Å²) in [4.78, 5) is 12.1. The number of carboxylic acids is 1. The van der Waals surface area contributed by atoms with Crippen molar-refractivity contribution in [1.82, 2.24) is 9.78 Å². The lowest BCUT2D eigenvalue weighted by Gasteiger charge is -2.17. The van der Waals surface area contributed by atoms with Crippen molar-refractivity contribution in [2.75, 3.05) is 0 Å². The maximum Gasteiger partial charge on any atom is 0.418 e. The third-order valence-electron chi connectivity index (χ3n) is 6.34. The molecule has 0 saturated heterocycles. The van der Waals surface area contributed by atoms with Gasteiger partial charge in [-0.15, -0.1) is 0 Å². The van der Waals surface area contributed by atoms with Crippen molar-refractivity contribution < 1.29 is 32.2 Å². The van der Waals surface area contributed by atoms with Gasteiger partial charge in [0.2, 0.25) is 6.10 Å². The summed E-state index contributed by atoms with van der Waals surface area (Å²) in [6.45, 7) is 1.64. The molecule has 0 aliphatic heterocycles. The lowest BCUT2D eigenvalue weighted by Crippen LogP contribution is -2.18. The molecule has 0 amide bonds. The maximum atomic E-state index is 14.7. The molecule has 0 aliphatic carbocycles. The molecule has 4 aromatic carbocycles. The molecule has 0 fully saturated rings. The number of aliphatic carboxylic acids is 1. The summed E-state index contributed by atoms with van der Waals surface area (Å²) in [6, 6.07) is 21.0. The molecule has 5 aromatic rings. The van der Waals surface area contributed by atoms with Gasteiger partial charge in [0.15, 0.2) is 0 Å². The molecule has 204 valence electrons. The summed E-state index contributed by atoms with van der Waals surface area (Å²) >= 11 is 5.87. The first-order chi connectivity index (χ1) is 19.0. The van der Waals surface area contributed by atoms with Crippen LogP contribution in [0.15, 0.2) is 84.9 Å². The van der Waals surface area contributed by atoms with Gasteiger partial charge >= 0.3 is 12.1 Å². The Balaban J connectivity index is 1.63. The number of aromatic nitrogens is 2. The number of alkyl halides is 3. The van der Waals surface area contributed by atoms with Crippen molar-refractivity contribution in [2.24, 2.45) is 0 Å². The van der Waals surface area contributed by atoms with Crippen LogP contribution in [0.4, 0.5) is 17.6 Å². The molecule has 1 N–H and O–H groups in total. The Labute approximate surface area is 231 Å². The molecular weight excluding hydrogens is 548 g/mol. The summed E-state index contributed by atoms with van der Waals surface area (Å²) in [7, 11) is 0. The maximum absolute atomic E-state index is 14.7. The minimum absolute atomic E-state index is 0.171. The second-order valence-electron chi connectivity index (χ2n) is 9.22. The first-order valence-electron chi connectivity index (χ1n) is 12.1. The third kappa shape index (κ3) is 5.51. The van der Waals surface area contributed by atoms with E-state index in [-0.39, 0.29) is 39.5 Å². The Bertz CT molecular complexity index is 1730. The van der Waals surface area contributed by atoms with Gasteiger partial charge in [-0.2, -0.15) is 18.3 Å². The predicted molar refractivity (Wildman–Crippen MR) is 143 cm³/mol. The standard InChI is InChI=1S/C30H21ClF4N2O3/c1-17-5-2-7-19(13-17)28(29(38)39)40-22-8-3-6-18(14-22)27-23-9-4-10-24(30(33,34)35)26(23)36-37(27)16-20-11-12-21(31)15-25(20)32/h2-15,28H,16H2,1H3,(H,38,39). The first-order valence-corrected chi connectivity index (χ1v) is 12.5. The normalized spacial score (nSPS) is 12.4. The van der Waals surface area contributed by atoms with Gasteiger partial charge in [0.1, 0.15) is 17.1 Å². The number of ether oxygens (including phenoxy) is 1. The van der Waals surface area contributed by atoms with Crippen molar-refractivity contribution in [2.45, 2.75) is 25.7 Å². The molecule has 0 saturated carbocycles. The lowest BCUT2D eigenvalue weighted by atomic mass is 10.0. The fourth-order valence-corrected chi connectivity index (χ4v) is 4.72. The lowest BCUT2D eigenvalue weighted by molar-refractivity contribution is -0.145. The molecule has 5 nitrogen and oxygen atoms in total. The summed E-state index contributed by atoms with van der Waals surface area (Å²) in [6.07, 6.45) is -5.99. The number of hydrogen-bond donors (Lipinski definition) is 1. The summed E-state index contributed by atoms with van der Waals surface area (Å²) < 4.78 is 63.4. The van der Waals surface area contributed by atoms with E-state index < -0.39 is 29.6 Å². The average molecular weight is 569 g/mol. The summed E-state index contributed by atoms with van der Waals surface area (Å²) in [5.74, 6) is -1.66. The first kappa shape index (κ1) is 27.2. The molecule has 1 aromatic heterocycles. The molecule has 0 spiro atoms. The second-order valence-corrected chi connectivity index (χ2v) is 9.66. The smallest absolute Gasteiger partial charge is 0.418 e. The van der Waals surface area contributed by atoms with Crippen LogP contribution in [0.1, 0.15) is 28.4 Å². The van der Waals surface area contributed by atoms with Crippen LogP contribution in [-0.2, 0) is 17.5 Å². The molecule has 40 heavy (non-hydrogen) atoms. The van der Waals surface area contributed by atoms with E-state index in [0.29, 0.717) is 11.1 Å². The molecule has 1 atom stereocenters. The van der Waals surface area contributed by atoms with Crippen LogP contribution in [-0.4, -0.2) is 20.9 Å². The number of hydrogen-bond acceptors (Lipinski definition) is 3. The number of carbonyl (C=O) groups is 1. The van der Waals surface area contributed by atoms with Gasteiger partial charge in [-0.3, -0.25) is 4.68 Å². The number of benzene rings is 4. The summed E-state index contributed by atoms with van der Waals surface area (Å²) in [5.41, 5.74) is 0.913. The largest absolute Gasteiger partial charge is 0.478 e. The minimum atomic E-state index is -4.67. The molecule has 0 aliphatic rings. The molecule has 1 heterocycles. The Morgan fingerprint density at radius 3 is 2.48 bits per heavy atom. The van der Waals surface area contributed by atoms with E-state index in [1.165, 1.54) is 35.0 Å². The van der Waals surface area contributed by atoms with Crippen LogP contribution in [0.5, 0.6) is 5.75 Å². The Morgan fingerprint density at radius 1 is 1.02 bits per heavy atom. The topological polar surface area (TPSA) is 64.4 Å². The van der Waals surface area contributed by atoms with E-state index in [1.54, 1.807) is 36.4 Å². The molecule has 10 heteroatoms. The van der Waals surface area contributed by atoms with Crippen LogP contribution in [0.3, 0.4) is 0 Å². The zero-order valence-corrected chi connectivity index (χ0v) is 21.7. The Morgan fingerprint density at radius 2 is 1.77 bits per heavy atom. The zero-order valence-electron chi connectivity index (χ0n) is 20.9. The quantitative estimate of drug-likeness (QED) is 0.202. The molecule has 1 unspecified atom stereocenters.